The number of ether oxygens (including phenoxy) is 1. The van der Waals surface area contributed by atoms with E-state index in [1.54, 1.807) is 6.07 Å². The van der Waals surface area contributed by atoms with E-state index in [2.05, 4.69) is 20.1 Å². The van der Waals surface area contributed by atoms with Crippen molar-refractivity contribution in [2.75, 3.05) is 4.72 Å². The fourth-order valence-electron chi connectivity index (χ4n) is 2.02. The lowest BCUT2D eigenvalue weighted by atomic mass is 10.3. The Hall–Kier alpha value is -3.01. The number of benzene rings is 2. The molecule has 1 aromatic heterocycles. The van der Waals surface area contributed by atoms with Crippen LogP contribution in [0.5, 0.6) is 11.5 Å². The Morgan fingerprint density at radius 3 is 2.46 bits per heavy atom. The Kier molecular flexibility index (Phi) is 4.85. The summed E-state index contributed by atoms with van der Waals surface area (Å²) in [4.78, 5) is 1.30. The van der Waals surface area contributed by atoms with Crippen molar-refractivity contribution in [3.05, 3.63) is 54.3 Å². The van der Waals surface area contributed by atoms with Crippen LogP contribution in [0.2, 0.25) is 0 Å². The molecular weight excluding hydrogens is 361 g/mol. The average molecular weight is 377 g/mol. The van der Waals surface area contributed by atoms with Crippen LogP contribution in [0.4, 0.5) is 10.3 Å². The molecule has 0 spiro atoms. The zero-order chi connectivity index (χ0) is 18.7. The standard InChI is InChI=1S/C16H16FN5O3S/c1-11(2)22-19-16(18-21-22)20-26(23,24)15-8-6-13(7-9-15)25-14-5-3-4-12(17)10-14/h3-11H,1-2H3,(H,19,20). The van der Waals surface area contributed by atoms with Crippen LogP contribution in [-0.2, 0) is 10.0 Å². The number of nitrogens with one attached hydrogen (secondary N) is 1. The SMILES string of the molecule is CC(C)n1nnc(NS(=O)(=O)c2ccc(Oc3cccc(F)c3)cc2)n1. The fraction of sp³-hybridized carbons (Fsp3) is 0.188. The number of nitrogens with zero attached hydrogens (tertiary/aromatic N) is 4. The summed E-state index contributed by atoms with van der Waals surface area (Å²) in [5, 5.41) is 11.4. The van der Waals surface area contributed by atoms with Crippen LogP contribution >= 0.6 is 0 Å². The predicted molar refractivity (Wildman–Crippen MR) is 91.9 cm³/mol. The third-order valence-electron chi connectivity index (χ3n) is 3.28. The first-order valence-corrected chi connectivity index (χ1v) is 9.17. The van der Waals surface area contributed by atoms with Gasteiger partial charge < -0.3 is 4.74 Å². The van der Waals surface area contributed by atoms with Gasteiger partial charge in [0.15, 0.2) is 0 Å². The van der Waals surface area contributed by atoms with Gasteiger partial charge in [-0.05, 0) is 55.5 Å². The lowest BCUT2D eigenvalue weighted by Gasteiger charge is -2.08. The van der Waals surface area contributed by atoms with Gasteiger partial charge in [-0.1, -0.05) is 11.2 Å². The van der Waals surface area contributed by atoms with Crippen molar-refractivity contribution in [3.8, 4) is 11.5 Å². The number of hydrogen-bond acceptors (Lipinski definition) is 6. The summed E-state index contributed by atoms with van der Waals surface area (Å²) in [6.45, 7) is 3.69. The Balaban J connectivity index is 1.74. The molecular formula is C16H16FN5O3S. The molecule has 0 radical (unpaired) electrons. The number of anilines is 1. The van der Waals surface area contributed by atoms with E-state index in [4.69, 9.17) is 4.74 Å². The normalized spacial score (nSPS) is 11.5. The second kappa shape index (κ2) is 7.08. The van der Waals surface area contributed by atoms with Crippen molar-refractivity contribution in [1.29, 1.82) is 0 Å². The van der Waals surface area contributed by atoms with Crippen LogP contribution in [0.1, 0.15) is 19.9 Å². The minimum absolute atomic E-state index is 0.00462. The molecule has 0 saturated carbocycles. The second-order valence-electron chi connectivity index (χ2n) is 5.66. The molecule has 0 amide bonds. The fourth-order valence-corrected chi connectivity index (χ4v) is 2.95. The summed E-state index contributed by atoms with van der Waals surface area (Å²) in [6.07, 6.45) is 0. The van der Waals surface area contributed by atoms with E-state index in [1.807, 2.05) is 13.8 Å². The Labute approximate surface area is 149 Å². The summed E-state index contributed by atoms with van der Waals surface area (Å²) in [7, 11) is -3.87. The summed E-state index contributed by atoms with van der Waals surface area (Å²) >= 11 is 0. The predicted octanol–water partition coefficient (Wildman–Crippen LogP) is 2.99. The van der Waals surface area contributed by atoms with Gasteiger partial charge in [0.25, 0.3) is 16.0 Å². The molecule has 0 unspecified atom stereocenters. The number of rotatable bonds is 6. The Bertz CT molecular complexity index is 1000. The number of sulfonamides is 1. The van der Waals surface area contributed by atoms with Gasteiger partial charge in [-0.15, -0.1) is 5.10 Å². The van der Waals surface area contributed by atoms with E-state index in [9.17, 15) is 12.8 Å². The Morgan fingerprint density at radius 1 is 1.12 bits per heavy atom. The van der Waals surface area contributed by atoms with Crippen LogP contribution in [0.3, 0.4) is 0 Å². The minimum Gasteiger partial charge on any atom is -0.457 e. The maximum Gasteiger partial charge on any atom is 0.277 e. The molecule has 0 saturated heterocycles. The van der Waals surface area contributed by atoms with Gasteiger partial charge in [0.05, 0.1) is 10.9 Å². The number of aromatic nitrogens is 4. The summed E-state index contributed by atoms with van der Waals surface area (Å²) < 4.78 is 45.7. The van der Waals surface area contributed by atoms with Crippen LogP contribution < -0.4 is 9.46 Å². The van der Waals surface area contributed by atoms with Crippen molar-refractivity contribution < 1.29 is 17.5 Å². The van der Waals surface area contributed by atoms with Gasteiger partial charge in [0.2, 0.25) is 0 Å². The maximum absolute atomic E-state index is 13.2. The van der Waals surface area contributed by atoms with Crippen molar-refractivity contribution >= 4 is 16.0 Å². The third-order valence-corrected chi connectivity index (χ3v) is 4.63. The van der Waals surface area contributed by atoms with E-state index in [0.29, 0.717) is 11.5 Å². The quantitative estimate of drug-likeness (QED) is 0.709. The van der Waals surface area contributed by atoms with Crippen LogP contribution in [0, 0.1) is 5.82 Å². The van der Waals surface area contributed by atoms with Crippen LogP contribution in [0.25, 0.3) is 0 Å². The van der Waals surface area contributed by atoms with Crippen molar-refractivity contribution in [2.45, 2.75) is 24.8 Å². The first kappa shape index (κ1) is 17.8. The van der Waals surface area contributed by atoms with E-state index in [1.165, 1.54) is 47.3 Å². The molecule has 0 atom stereocenters. The van der Waals surface area contributed by atoms with Crippen molar-refractivity contribution in [3.63, 3.8) is 0 Å². The molecule has 8 nitrogen and oxygen atoms in total. The summed E-state index contributed by atoms with van der Waals surface area (Å²) in [5.74, 6) is 0.151. The third kappa shape index (κ3) is 4.14. The van der Waals surface area contributed by atoms with Gasteiger partial charge in [0.1, 0.15) is 17.3 Å². The zero-order valence-corrected chi connectivity index (χ0v) is 14.8. The molecule has 136 valence electrons. The zero-order valence-electron chi connectivity index (χ0n) is 14.0. The van der Waals surface area contributed by atoms with E-state index in [0.717, 1.165) is 0 Å². The lowest BCUT2D eigenvalue weighted by molar-refractivity contribution is 0.455. The highest BCUT2D eigenvalue weighted by atomic mass is 32.2. The molecule has 26 heavy (non-hydrogen) atoms. The van der Waals surface area contributed by atoms with Crippen LogP contribution in [0.15, 0.2) is 53.4 Å². The molecule has 1 heterocycles. The first-order valence-electron chi connectivity index (χ1n) is 7.69. The highest BCUT2D eigenvalue weighted by molar-refractivity contribution is 7.92. The lowest BCUT2D eigenvalue weighted by Crippen LogP contribution is -2.14. The Morgan fingerprint density at radius 2 is 1.85 bits per heavy atom. The molecule has 0 aliphatic heterocycles. The highest BCUT2D eigenvalue weighted by Crippen LogP contribution is 2.24. The topological polar surface area (TPSA) is 99.0 Å². The van der Waals surface area contributed by atoms with Crippen LogP contribution in [-0.4, -0.2) is 28.6 Å². The number of halogens is 1. The summed E-state index contributed by atoms with van der Waals surface area (Å²) in [6, 6.07) is 11.3. The molecule has 3 rings (SSSR count). The smallest absolute Gasteiger partial charge is 0.277 e. The van der Waals surface area contributed by atoms with Gasteiger partial charge in [0, 0.05) is 6.07 Å². The molecule has 3 aromatic rings. The van der Waals surface area contributed by atoms with Gasteiger partial charge in [-0.2, -0.15) is 4.80 Å². The molecule has 0 bridgehead atoms. The van der Waals surface area contributed by atoms with Crippen molar-refractivity contribution in [1.82, 2.24) is 20.2 Å². The molecule has 2 aromatic carbocycles. The molecule has 0 fully saturated rings. The molecule has 0 aliphatic carbocycles. The maximum atomic E-state index is 13.2. The molecule has 0 aliphatic rings. The molecule has 10 heteroatoms. The van der Waals surface area contributed by atoms with Crippen molar-refractivity contribution in [2.24, 2.45) is 0 Å². The highest BCUT2D eigenvalue weighted by Gasteiger charge is 2.17. The summed E-state index contributed by atoms with van der Waals surface area (Å²) in [5.41, 5.74) is 0. The van der Waals surface area contributed by atoms with E-state index in [-0.39, 0.29) is 16.9 Å². The minimum atomic E-state index is -3.87. The largest absolute Gasteiger partial charge is 0.457 e. The van der Waals surface area contributed by atoms with Gasteiger partial charge in [-0.25, -0.2) is 17.5 Å². The monoisotopic (exact) mass is 377 g/mol. The first-order chi connectivity index (χ1) is 12.3. The van der Waals surface area contributed by atoms with E-state index >= 15 is 0 Å². The second-order valence-corrected chi connectivity index (χ2v) is 7.35. The van der Waals surface area contributed by atoms with E-state index < -0.39 is 15.8 Å². The van der Waals surface area contributed by atoms with Gasteiger partial charge >= 0.3 is 0 Å². The number of tetrazole rings is 1. The molecule has 1 N–H and O–H groups in total. The number of hydrogen-bond donors (Lipinski definition) is 1. The average Bonchev–Trinajstić information content (AvgIpc) is 3.03. The van der Waals surface area contributed by atoms with Gasteiger partial charge in [-0.3, -0.25) is 0 Å².